The van der Waals surface area contributed by atoms with Crippen LogP contribution < -0.4 is 10.6 Å². The lowest BCUT2D eigenvalue weighted by molar-refractivity contribution is 0.0792. The first-order valence-electron chi connectivity index (χ1n) is 11.7. The van der Waals surface area contributed by atoms with E-state index in [1.165, 1.54) is 12.1 Å². The Morgan fingerprint density at radius 2 is 1.88 bits per heavy atom. The van der Waals surface area contributed by atoms with Gasteiger partial charge in [0.15, 0.2) is 0 Å². The molecule has 1 aliphatic carbocycles. The van der Waals surface area contributed by atoms with Crippen LogP contribution in [0.2, 0.25) is 0 Å². The van der Waals surface area contributed by atoms with Gasteiger partial charge in [0.05, 0.1) is 5.69 Å². The lowest BCUT2D eigenvalue weighted by Crippen LogP contribution is -2.30. The number of aromatic amines is 1. The van der Waals surface area contributed by atoms with Crippen LogP contribution >= 0.6 is 0 Å². The first-order chi connectivity index (χ1) is 16.5. The second kappa shape index (κ2) is 11.0. The first kappa shape index (κ1) is 23.5. The Balaban J connectivity index is 1.16. The van der Waals surface area contributed by atoms with Gasteiger partial charge in [0.2, 0.25) is 0 Å². The number of carbonyl (C=O) groups excluding carboxylic acids is 2. The van der Waals surface area contributed by atoms with Crippen LogP contribution in [0.1, 0.15) is 48.2 Å². The van der Waals surface area contributed by atoms with Crippen LogP contribution in [-0.2, 0) is 6.42 Å². The quantitative estimate of drug-likeness (QED) is 0.370. The average Bonchev–Trinajstić information content (AvgIpc) is 3.51. The molecule has 0 spiro atoms. The van der Waals surface area contributed by atoms with Crippen molar-refractivity contribution in [3.05, 3.63) is 71.7 Å². The monoisotopic (exact) mass is 463 g/mol. The number of nitrogens with zero attached hydrogens (tertiary/aromatic N) is 2. The molecule has 0 bridgehead atoms. The molecule has 1 saturated carbocycles. The number of aryl methyl sites for hydroxylation is 1. The molecule has 3 N–H and O–H groups in total. The van der Waals surface area contributed by atoms with E-state index in [1.54, 1.807) is 42.3 Å². The molecule has 34 heavy (non-hydrogen) atoms. The summed E-state index contributed by atoms with van der Waals surface area (Å²) in [6.45, 7) is 0.667. The number of hydrogen-bond acceptors (Lipinski definition) is 3. The number of carbonyl (C=O) groups is 2. The molecule has 2 aromatic carbocycles. The van der Waals surface area contributed by atoms with E-state index in [0.717, 1.165) is 55.5 Å². The van der Waals surface area contributed by atoms with Gasteiger partial charge in [-0.1, -0.05) is 18.6 Å². The average molecular weight is 464 g/mol. The van der Waals surface area contributed by atoms with Crippen LogP contribution in [-0.4, -0.2) is 46.7 Å². The fourth-order valence-electron chi connectivity index (χ4n) is 3.72. The van der Waals surface area contributed by atoms with Gasteiger partial charge in [-0.25, -0.2) is 9.18 Å². The Morgan fingerprint density at radius 1 is 1.09 bits per heavy atom. The van der Waals surface area contributed by atoms with Crippen LogP contribution in [0.4, 0.5) is 14.9 Å². The van der Waals surface area contributed by atoms with E-state index in [2.05, 4.69) is 20.8 Å². The number of nitrogens with one attached hydrogen (secondary N) is 3. The summed E-state index contributed by atoms with van der Waals surface area (Å²) in [5, 5.41) is 13.0. The molecule has 3 amide bonds. The van der Waals surface area contributed by atoms with E-state index in [-0.39, 0.29) is 17.8 Å². The number of unbranched alkanes of at least 4 members (excludes halogenated alkanes) is 2. The minimum atomic E-state index is -0.274. The predicted octanol–water partition coefficient (Wildman–Crippen LogP) is 4.98. The second-order valence-electron chi connectivity index (χ2n) is 8.78. The van der Waals surface area contributed by atoms with Crippen LogP contribution in [0, 0.1) is 5.82 Å². The van der Waals surface area contributed by atoms with Crippen molar-refractivity contribution in [1.29, 1.82) is 0 Å². The van der Waals surface area contributed by atoms with Gasteiger partial charge in [-0.15, -0.1) is 0 Å². The van der Waals surface area contributed by atoms with E-state index in [9.17, 15) is 14.0 Å². The number of hydrogen-bond donors (Lipinski definition) is 3. The molecule has 7 nitrogen and oxygen atoms in total. The molecule has 1 aromatic heterocycles. The Kier molecular flexibility index (Phi) is 7.57. The summed E-state index contributed by atoms with van der Waals surface area (Å²) in [5.74, 6) is -0.313. The highest BCUT2D eigenvalue weighted by atomic mass is 19.1. The molecule has 178 valence electrons. The van der Waals surface area contributed by atoms with Gasteiger partial charge in [-0.05, 0) is 74.6 Å². The molecule has 0 saturated heterocycles. The van der Waals surface area contributed by atoms with Crippen molar-refractivity contribution in [3.63, 3.8) is 0 Å². The lowest BCUT2D eigenvalue weighted by atomic mass is 10.1. The third kappa shape index (κ3) is 6.66. The zero-order chi connectivity index (χ0) is 23.9. The maximum Gasteiger partial charge on any atom is 0.319 e. The maximum atomic E-state index is 13.4. The number of rotatable bonds is 10. The molecule has 1 heterocycles. The van der Waals surface area contributed by atoms with Crippen LogP contribution in [0.15, 0.2) is 54.6 Å². The molecule has 0 radical (unpaired) electrons. The molecule has 0 aliphatic heterocycles. The normalized spacial score (nSPS) is 12.9. The van der Waals surface area contributed by atoms with Crippen LogP contribution in [0.3, 0.4) is 0 Å². The summed E-state index contributed by atoms with van der Waals surface area (Å²) in [7, 11) is 1.80. The molecule has 1 fully saturated rings. The van der Waals surface area contributed by atoms with Crippen molar-refractivity contribution in [2.24, 2.45) is 0 Å². The summed E-state index contributed by atoms with van der Waals surface area (Å²) < 4.78 is 13.4. The summed E-state index contributed by atoms with van der Waals surface area (Å²) in [5.41, 5.74) is 3.77. The Morgan fingerprint density at radius 3 is 2.62 bits per heavy atom. The van der Waals surface area contributed by atoms with Crippen molar-refractivity contribution in [1.82, 2.24) is 20.4 Å². The fourth-order valence-corrected chi connectivity index (χ4v) is 3.72. The largest absolute Gasteiger partial charge is 0.342 e. The van der Waals surface area contributed by atoms with E-state index in [4.69, 9.17) is 0 Å². The van der Waals surface area contributed by atoms with Gasteiger partial charge in [-0.3, -0.25) is 9.89 Å². The van der Waals surface area contributed by atoms with Gasteiger partial charge in [-0.2, -0.15) is 5.10 Å². The second-order valence-corrected chi connectivity index (χ2v) is 8.78. The molecule has 3 aromatic rings. The van der Waals surface area contributed by atoms with E-state index < -0.39 is 0 Å². The highest BCUT2D eigenvalue weighted by molar-refractivity contribution is 5.95. The minimum Gasteiger partial charge on any atom is -0.342 e. The molecule has 1 aliphatic rings. The first-order valence-corrected chi connectivity index (χ1v) is 11.7. The lowest BCUT2D eigenvalue weighted by Gasteiger charge is -2.17. The SMILES string of the molecule is CN(CCCCCc1cc(-c2cccc(F)c2)n[nH]1)C(=O)c1ccc(NC(=O)NC2CC2)cc1. The zero-order valence-corrected chi connectivity index (χ0v) is 19.3. The number of urea groups is 1. The molecular weight excluding hydrogens is 433 g/mol. The number of amides is 3. The molecule has 0 atom stereocenters. The molecule has 4 rings (SSSR count). The third-order valence-electron chi connectivity index (χ3n) is 5.84. The Hall–Kier alpha value is -3.68. The van der Waals surface area contributed by atoms with Gasteiger partial charge in [0, 0.05) is 42.1 Å². The van der Waals surface area contributed by atoms with Gasteiger partial charge in [0.25, 0.3) is 5.91 Å². The molecule has 8 heteroatoms. The van der Waals surface area contributed by atoms with Crippen molar-refractivity contribution < 1.29 is 14.0 Å². The topological polar surface area (TPSA) is 90.1 Å². The molecular formula is C26H30FN5O2. The molecule has 0 unspecified atom stereocenters. The van der Waals surface area contributed by atoms with Crippen molar-refractivity contribution in [3.8, 4) is 11.3 Å². The van der Waals surface area contributed by atoms with E-state index >= 15 is 0 Å². The Bertz CT molecular complexity index is 1120. The van der Waals surface area contributed by atoms with Gasteiger partial charge in [0.1, 0.15) is 5.82 Å². The van der Waals surface area contributed by atoms with Gasteiger partial charge >= 0.3 is 6.03 Å². The number of aromatic nitrogens is 2. The highest BCUT2D eigenvalue weighted by Gasteiger charge is 2.23. The summed E-state index contributed by atoms with van der Waals surface area (Å²) >= 11 is 0. The standard InChI is InChI=1S/C26H30FN5O2/c1-32(25(33)18-9-11-21(12-10-18)28-26(34)29-22-13-14-22)15-4-2-3-8-23-17-24(31-30-23)19-6-5-7-20(27)16-19/h5-7,9-12,16-17,22H,2-4,8,13-15H2,1H3,(H,30,31)(H2,28,29,34). The number of benzene rings is 2. The van der Waals surface area contributed by atoms with Crippen molar-refractivity contribution in [2.45, 2.75) is 44.6 Å². The van der Waals surface area contributed by atoms with E-state index in [0.29, 0.717) is 23.8 Å². The fraction of sp³-hybridized carbons (Fsp3) is 0.346. The van der Waals surface area contributed by atoms with Crippen LogP contribution in [0.25, 0.3) is 11.3 Å². The number of anilines is 1. The number of halogens is 1. The number of H-pyrrole nitrogens is 1. The van der Waals surface area contributed by atoms with Crippen molar-refractivity contribution >= 4 is 17.6 Å². The third-order valence-corrected chi connectivity index (χ3v) is 5.84. The summed E-state index contributed by atoms with van der Waals surface area (Å²) in [4.78, 5) is 26.2. The maximum absolute atomic E-state index is 13.4. The summed E-state index contributed by atoms with van der Waals surface area (Å²) in [6, 6.07) is 15.4. The van der Waals surface area contributed by atoms with E-state index in [1.807, 2.05) is 12.1 Å². The summed E-state index contributed by atoms with van der Waals surface area (Å²) in [6.07, 6.45) is 5.76. The highest BCUT2D eigenvalue weighted by Crippen LogP contribution is 2.20. The van der Waals surface area contributed by atoms with Crippen molar-refractivity contribution in [2.75, 3.05) is 18.9 Å². The van der Waals surface area contributed by atoms with Gasteiger partial charge < -0.3 is 15.5 Å². The zero-order valence-electron chi connectivity index (χ0n) is 19.3. The van der Waals surface area contributed by atoms with Crippen LogP contribution in [0.5, 0.6) is 0 Å². The smallest absolute Gasteiger partial charge is 0.319 e. The minimum absolute atomic E-state index is 0.0396. The Labute approximate surface area is 198 Å². The predicted molar refractivity (Wildman–Crippen MR) is 130 cm³/mol.